The van der Waals surface area contributed by atoms with E-state index in [4.69, 9.17) is 0 Å². The highest BCUT2D eigenvalue weighted by Crippen LogP contribution is 2.22. The van der Waals surface area contributed by atoms with Crippen LogP contribution in [0.2, 0.25) is 0 Å². The Morgan fingerprint density at radius 3 is 2.89 bits per heavy atom. The van der Waals surface area contributed by atoms with Crippen LogP contribution in [0.5, 0.6) is 0 Å². The van der Waals surface area contributed by atoms with Crippen LogP contribution in [0.4, 0.5) is 0 Å². The summed E-state index contributed by atoms with van der Waals surface area (Å²) in [5.74, 6) is 0. The van der Waals surface area contributed by atoms with Gasteiger partial charge in [0.1, 0.15) is 0 Å². The van der Waals surface area contributed by atoms with E-state index in [0.717, 1.165) is 35.1 Å². The molecule has 5 heteroatoms. The van der Waals surface area contributed by atoms with Gasteiger partial charge in [0.05, 0.1) is 22.0 Å². The van der Waals surface area contributed by atoms with Crippen LogP contribution in [0.15, 0.2) is 22.0 Å². The molecule has 104 valence electrons. The Bertz CT molecular complexity index is 522. The smallest absolute Gasteiger partial charge is 0.0738 e. The number of aliphatic hydroxyl groups excluding tert-OH is 1. The van der Waals surface area contributed by atoms with Crippen molar-refractivity contribution < 1.29 is 5.11 Å². The van der Waals surface area contributed by atoms with Crippen molar-refractivity contribution in [2.75, 3.05) is 0 Å². The second kappa shape index (κ2) is 6.68. The first-order valence-electron chi connectivity index (χ1n) is 6.46. The number of aliphatic hydroxyl groups is 1. The molecular weight excluding hydrogens is 324 g/mol. The van der Waals surface area contributed by atoms with Gasteiger partial charge < -0.3 is 5.11 Å². The highest BCUT2D eigenvalue weighted by molar-refractivity contribution is 9.10. The predicted molar refractivity (Wildman–Crippen MR) is 82.6 cm³/mol. The Morgan fingerprint density at radius 2 is 2.32 bits per heavy atom. The first-order valence-corrected chi connectivity index (χ1v) is 8.13. The van der Waals surface area contributed by atoms with Crippen molar-refractivity contribution in [3.8, 4) is 0 Å². The van der Waals surface area contributed by atoms with E-state index in [0.29, 0.717) is 6.42 Å². The molecule has 0 amide bonds. The Kier molecular flexibility index (Phi) is 5.19. The lowest BCUT2D eigenvalue weighted by Gasteiger charge is -2.11. The van der Waals surface area contributed by atoms with Gasteiger partial charge in [-0.1, -0.05) is 6.07 Å². The maximum absolute atomic E-state index is 10.1. The molecular formula is C14H19BrN2OS. The molecule has 1 N–H and O–H groups in total. The largest absolute Gasteiger partial charge is 0.393 e. The van der Waals surface area contributed by atoms with E-state index in [1.807, 2.05) is 18.7 Å². The van der Waals surface area contributed by atoms with Crippen LogP contribution in [0.1, 0.15) is 29.1 Å². The summed E-state index contributed by atoms with van der Waals surface area (Å²) in [6, 6.07) is 4.23. The lowest BCUT2D eigenvalue weighted by atomic mass is 10.1. The summed E-state index contributed by atoms with van der Waals surface area (Å²) in [6.07, 6.45) is 3.26. The molecule has 0 aliphatic carbocycles. The molecule has 0 aliphatic heterocycles. The standard InChI is InChI=1S/C14H19BrN2OS/c1-10-14(15)13(17(2)16-10)9-11(18)5-3-6-12-7-4-8-19-12/h4,7-8,11,18H,3,5-6,9H2,1-2H3. The van der Waals surface area contributed by atoms with Gasteiger partial charge in [0.15, 0.2) is 0 Å². The minimum atomic E-state index is -0.300. The van der Waals surface area contributed by atoms with Gasteiger partial charge in [0.25, 0.3) is 0 Å². The third-order valence-corrected chi connectivity index (χ3v) is 5.20. The lowest BCUT2D eigenvalue weighted by Crippen LogP contribution is -2.13. The normalized spacial score (nSPS) is 12.8. The Labute approximate surface area is 126 Å². The second-order valence-electron chi connectivity index (χ2n) is 4.80. The van der Waals surface area contributed by atoms with Crippen molar-refractivity contribution >= 4 is 27.3 Å². The highest BCUT2D eigenvalue weighted by Gasteiger charge is 2.14. The fourth-order valence-corrected chi connectivity index (χ4v) is 3.44. The number of halogens is 1. The number of aromatic nitrogens is 2. The van der Waals surface area contributed by atoms with Crippen molar-refractivity contribution in [2.24, 2.45) is 7.05 Å². The van der Waals surface area contributed by atoms with E-state index >= 15 is 0 Å². The van der Waals surface area contributed by atoms with Crippen LogP contribution >= 0.6 is 27.3 Å². The van der Waals surface area contributed by atoms with Gasteiger partial charge in [-0.2, -0.15) is 5.10 Å². The van der Waals surface area contributed by atoms with Gasteiger partial charge in [-0.25, -0.2) is 0 Å². The topological polar surface area (TPSA) is 38.0 Å². The zero-order chi connectivity index (χ0) is 13.8. The van der Waals surface area contributed by atoms with Crippen molar-refractivity contribution in [2.45, 2.75) is 38.7 Å². The molecule has 0 aliphatic rings. The molecule has 2 rings (SSSR count). The predicted octanol–water partition coefficient (Wildman–Crippen LogP) is 3.48. The maximum atomic E-state index is 10.1. The van der Waals surface area contributed by atoms with E-state index in [-0.39, 0.29) is 6.10 Å². The molecule has 2 heterocycles. The molecule has 0 radical (unpaired) electrons. The van der Waals surface area contributed by atoms with Crippen molar-refractivity contribution in [3.63, 3.8) is 0 Å². The summed E-state index contributed by atoms with van der Waals surface area (Å²) in [5.41, 5.74) is 2.05. The van der Waals surface area contributed by atoms with Gasteiger partial charge >= 0.3 is 0 Å². The fraction of sp³-hybridized carbons (Fsp3) is 0.500. The summed E-state index contributed by atoms with van der Waals surface area (Å²) >= 11 is 5.32. The van der Waals surface area contributed by atoms with Crippen LogP contribution in [-0.4, -0.2) is 21.0 Å². The number of thiophene rings is 1. The summed E-state index contributed by atoms with van der Waals surface area (Å²) in [5, 5.41) is 16.6. The molecule has 19 heavy (non-hydrogen) atoms. The van der Waals surface area contributed by atoms with Crippen molar-refractivity contribution in [3.05, 3.63) is 38.3 Å². The Morgan fingerprint density at radius 1 is 1.53 bits per heavy atom. The molecule has 1 unspecified atom stereocenters. The first kappa shape index (κ1) is 14.8. The molecule has 0 spiro atoms. The zero-order valence-corrected chi connectivity index (χ0v) is 13.7. The van der Waals surface area contributed by atoms with Crippen LogP contribution in [-0.2, 0) is 19.9 Å². The molecule has 2 aromatic heterocycles. The number of hydrogen-bond donors (Lipinski definition) is 1. The first-order chi connectivity index (χ1) is 9.08. The van der Waals surface area contributed by atoms with E-state index < -0.39 is 0 Å². The third kappa shape index (κ3) is 3.91. The number of nitrogens with zero attached hydrogens (tertiary/aromatic N) is 2. The lowest BCUT2D eigenvalue weighted by molar-refractivity contribution is 0.159. The fourth-order valence-electron chi connectivity index (χ4n) is 2.19. The van der Waals surface area contributed by atoms with Gasteiger partial charge in [-0.05, 0) is 53.6 Å². The minimum absolute atomic E-state index is 0.300. The molecule has 2 aromatic rings. The van der Waals surface area contributed by atoms with E-state index in [1.54, 1.807) is 11.3 Å². The molecule has 0 saturated carbocycles. The number of aryl methyl sites for hydroxylation is 3. The van der Waals surface area contributed by atoms with E-state index in [1.165, 1.54) is 4.88 Å². The van der Waals surface area contributed by atoms with Crippen molar-refractivity contribution in [1.29, 1.82) is 0 Å². The molecule has 1 atom stereocenters. The van der Waals surface area contributed by atoms with E-state index in [9.17, 15) is 5.11 Å². The molecule has 0 aromatic carbocycles. The average Bonchev–Trinajstić information content (AvgIpc) is 2.94. The highest BCUT2D eigenvalue weighted by atomic mass is 79.9. The van der Waals surface area contributed by atoms with Crippen LogP contribution in [0.3, 0.4) is 0 Å². The number of rotatable bonds is 6. The van der Waals surface area contributed by atoms with E-state index in [2.05, 4.69) is 38.5 Å². The summed E-state index contributed by atoms with van der Waals surface area (Å²) in [7, 11) is 1.92. The van der Waals surface area contributed by atoms with Crippen LogP contribution in [0, 0.1) is 6.92 Å². The molecule has 0 fully saturated rings. The Hall–Kier alpha value is -0.650. The van der Waals surface area contributed by atoms with Crippen molar-refractivity contribution in [1.82, 2.24) is 9.78 Å². The SMILES string of the molecule is Cc1nn(C)c(CC(O)CCCc2cccs2)c1Br. The summed E-state index contributed by atoms with van der Waals surface area (Å²) in [4.78, 5) is 1.39. The summed E-state index contributed by atoms with van der Waals surface area (Å²) < 4.78 is 2.87. The van der Waals surface area contributed by atoms with Crippen LogP contribution < -0.4 is 0 Å². The Balaban J connectivity index is 1.82. The van der Waals surface area contributed by atoms with Crippen LogP contribution in [0.25, 0.3) is 0 Å². The minimum Gasteiger partial charge on any atom is -0.393 e. The maximum Gasteiger partial charge on any atom is 0.0738 e. The summed E-state index contributed by atoms with van der Waals surface area (Å²) in [6.45, 7) is 1.97. The third-order valence-electron chi connectivity index (χ3n) is 3.23. The molecule has 0 saturated heterocycles. The average molecular weight is 343 g/mol. The second-order valence-corrected chi connectivity index (χ2v) is 6.62. The zero-order valence-electron chi connectivity index (χ0n) is 11.3. The molecule has 3 nitrogen and oxygen atoms in total. The van der Waals surface area contributed by atoms with Gasteiger partial charge in [0.2, 0.25) is 0 Å². The number of hydrogen-bond acceptors (Lipinski definition) is 3. The monoisotopic (exact) mass is 342 g/mol. The quantitative estimate of drug-likeness (QED) is 0.872. The van der Waals surface area contributed by atoms with Gasteiger partial charge in [0, 0.05) is 18.3 Å². The molecule has 0 bridgehead atoms. The van der Waals surface area contributed by atoms with Gasteiger partial charge in [-0.3, -0.25) is 4.68 Å². The van der Waals surface area contributed by atoms with Gasteiger partial charge in [-0.15, -0.1) is 11.3 Å².